The van der Waals surface area contributed by atoms with E-state index >= 15 is 0 Å². The van der Waals surface area contributed by atoms with Crippen molar-refractivity contribution in [1.82, 2.24) is 0 Å². The first-order valence-corrected chi connectivity index (χ1v) is 3.47. The maximum atomic E-state index is 12.4. The minimum absolute atomic E-state index is 0.286. The van der Waals surface area contributed by atoms with Gasteiger partial charge in [0.15, 0.2) is 0 Å². The molecule has 0 fully saturated rings. The highest BCUT2D eigenvalue weighted by molar-refractivity contribution is 5.25. The third-order valence-electron chi connectivity index (χ3n) is 1.29. The van der Waals surface area contributed by atoms with Gasteiger partial charge in [-0.05, 0) is 30.3 Å². The number of rotatable bonds is 3. The Morgan fingerprint density at radius 3 is 2.42 bits per heavy atom. The van der Waals surface area contributed by atoms with E-state index in [0.717, 1.165) is 0 Å². The number of allylic oxidation sites excluding steroid dienone is 1. The highest BCUT2D eigenvalue weighted by Crippen LogP contribution is 2.13. The summed E-state index contributed by atoms with van der Waals surface area (Å²) < 4.78 is 17.5. The fraction of sp³-hybridized carbons (Fsp3) is 0. The second kappa shape index (κ2) is 3.72. The molecule has 62 valence electrons. The largest absolute Gasteiger partial charge is 0.458 e. The van der Waals surface area contributed by atoms with Crippen LogP contribution in [0, 0.1) is 5.82 Å². The van der Waals surface area contributed by atoms with Crippen LogP contribution in [0.1, 0.15) is 0 Å². The molecule has 1 nitrogen and oxygen atoms in total. The second-order valence-corrected chi connectivity index (χ2v) is 2.23. The van der Waals surface area contributed by atoms with Gasteiger partial charge >= 0.3 is 0 Å². The summed E-state index contributed by atoms with van der Waals surface area (Å²) in [6.45, 7) is 7.03. The van der Waals surface area contributed by atoms with Crippen LogP contribution >= 0.6 is 0 Å². The monoisotopic (exact) mass is 164 g/mol. The zero-order valence-electron chi connectivity index (χ0n) is 6.59. The molecular formula is C10H9FO. The van der Waals surface area contributed by atoms with Crippen LogP contribution in [0.2, 0.25) is 0 Å². The Balaban J connectivity index is 2.71. The van der Waals surface area contributed by atoms with Gasteiger partial charge in [-0.1, -0.05) is 13.2 Å². The van der Waals surface area contributed by atoms with E-state index in [0.29, 0.717) is 11.5 Å². The zero-order chi connectivity index (χ0) is 8.97. The van der Waals surface area contributed by atoms with E-state index in [4.69, 9.17) is 4.74 Å². The quantitative estimate of drug-likeness (QED) is 0.493. The summed E-state index contributed by atoms with van der Waals surface area (Å²) in [6, 6.07) is 5.71. The molecule has 0 aliphatic heterocycles. The molecule has 0 saturated heterocycles. The van der Waals surface area contributed by atoms with Gasteiger partial charge in [-0.15, -0.1) is 0 Å². The molecule has 0 aromatic heterocycles. The van der Waals surface area contributed by atoms with Crippen LogP contribution in [0.3, 0.4) is 0 Å². The lowest BCUT2D eigenvalue weighted by Gasteiger charge is -2.03. The Bertz CT molecular complexity index is 287. The summed E-state index contributed by atoms with van der Waals surface area (Å²) in [4.78, 5) is 0. The molecule has 12 heavy (non-hydrogen) atoms. The average Bonchev–Trinajstić information content (AvgIpc) is 2.09. The molecule has 2 heteroatoms. The fourth-order valence-electron chi connectivity index (χ4n) is 0.696. The summed E-state index contributed by atoms with van der Waals surface area (Å²) in [5, 5.41) is 0. The third-order valence-corrected chi connectivity index (χ3v) is 1.29. The Morgan fingerprint density at radius 1 is 1.33 bits per heavy atom. The van der Waals surface area contributed by atoms with Crippen LogP contribution in [-0.2, 0) is 0 Å². The second-order valence-electron chi connectivity index (χ2n) is 2.23. The van der Waals surface area contributed by atoms with Crippen molar-refractivity contribution in [2.45, 2.75) is 0 Å². The first-order valence-electron chi connectivity index (χ1n) is 3.47. The van der Waals surface area contributed by atoms with Crippen LogP contribution in [0.15, 0.2) is 49.3 Å². The molecule has 0 aliphatic carbocycles. The molecule has 0 amide bonds. The molecule has 0 heterocycles. The lowest BCUT2D eigenvalue weighted by molar-refractivity contribution is 0.446. The van der Waals surface area contributed by atoms with Crippen LogP contribution in [0.4, 0.5) is 4.39 Å². The molecule has 1 rings (SSSR count). The number of halogens is 1. The van der Waals surface area contributed by atoms with Gasteiger partial charge in [0.25, 0.3) is 0 Å². The number of hydrogen-bond donors (Lipinski definition) is 0. The molecule has 1 aromatic carbocycles. The molecule has 0 spiro atoms. The van der Waals surface area contributed by atoms with Crippen molar-refractivity contribution in [3.8, 4) is 5.75 Å². The number of ether oxygens (including phenoxy) is 1. The lowest BCUT2D eigenvalue weighted by Crippen LogP contribution is -1.89. The van der Waals surface area contributed by atoms with E-state index in [9.17, 15) is 4.39 Å². The molecule has 0 aliphatic rings. The van der Waals surface area contributed by atoms with Gasteiger partial charge in [0.1, 0.15) is 17.3 Å². The van der Waals surface area contributed by atoms with Gasteiger partial charge in [-0.3, -0.25) is 0 Å². The number of benzene rings is 1. The lowest BCUT2D eigenvalue weighted by atomic mass is 10.3. The van der Waals surface area contributed by atoms with Gasteiger partial charge in [-0.2, -0.15) is 0 Å². The maximum absolute atomic E-state index is 12.4. The standard InChI is InChI=1S/C10H9FO/c1-3-8(2)12-10-6-4-9(11)5-7-10/h3-7H,1-2H2. The maximum Gasteiger partial charge on any atom is 0.127 e. The predicted molar refractivity (Wildman–Crippen MR) is 46.4 cm³/mol. The van der Waals surface area contributed by atoms with Crippen molar-refractivity contribution in [2.75, 3.05) is 0 Å². The molecular weight excluding hydrogens is 155 g/mol. The van der Waals surface area contributed by atoms with Crippen molar-refractivity contribution in [2.24, 2.45) is 0 Å². The minimum Gasteiger partial charge on any atom is -0.458 e. The molecule has 0 unspecified atom stereocenters. The van der Waals surface area contributed by atoms with E-state index in [2.05, 4.69) is 13.2 Å². The minimum atomic E-state index is -0.286. The highest BCUT2D eigenvalue weighted by atomic mass is 19.1. The first-order chi connectivity index (χ1) is 5.72. The van der Waals surface area contributed by atoms with Gasteiger partial charge in [0, 0.05) is 0 Å². The summed E-state index contributed by atoms with van der Waals surface area (Å²) in [5.74, 6) is 0.717. The normalized spacial score (nSPS) is 9.08. The van der Waals surface area contributed by atoms with Gasteiger partial charge < -0.3 is 4.74 Å². The van der Waals surface area contributed by atoms with Crippen molar-refractivity contribution in [3.63, 3.8) is 0 Å². The van der Waals surface area contributed by atoms with E-state index < -0.39 is 0 Å². The van der Waals surface area contributed by atoms with E-state index in [1.54, 1.807) is 0 Å². The van der Waals surface area contributed by atoms with E-state index in [-0.39, 0.29) is 5.82 Å². The fourth-order valence-corrected chi connectivity index (χ4v) is 0.696. The van der Waals surface area contributed by atoms with Crippen molar-refractivity contribution in [3.05, 3.63) is 55.1 Å². The smallest absolute Gasteiger partial charge is 0.127 e. The Labute approximate surface area is 70.8 Å². The van der Waals surface area contributed by atoms with Crippen molar-refractivity contribution < 1.29 is 9.13 Å². The van der Waals surface area contributed by atoms with Gasteiger partial charge in [0.05, 0.1) is 0 Å². The van der Waals surface area contributed by atoms with Gasteiger partial charge in [0.2, 0.25) is 0 Å². The average molecular weight is 164 g/mol. The Morgan fingerprint density at radius 2 is 1.92 bits per heavy atom. The number of hydrogen-bond acceptors (Lipinski definition) is 1. The van der Waals surface area contributed by atoms with Crippen LogP contribution in [0.25, 0.3) is 0 Å². The third kappa shape index (κ3) is 2.23. The molecule has 0 radical (unpaired) electrons. The van der Waals surface area contributed by atoms with Crippen molar-refractivity contribution >= 4 is 0 Å². The first kappa shape index (κ1) is 8.53. The van der Waals surface area contributed by atoms with Crippen LogP contribution in [-0.4, -0.2) is 0 Å². The summed E-state index contributed by atoms with van der Waals surface area (Å²) in [6.07, 6.45) is 1.49. The van der Waals surface area contributed by atoms with Crippen LogP contribution in [0.5, 0.6) is 5.75 Å². The Hall–Kier alpha value is -1.57. The Kier molecular flexibility index (Phi) is 2.64. The zero-order valence-corrected chi connectivity index (χ0v) is 6.59. The molecule has 0 saturated carbocycles. The summed E-state index contributed by atoms with van der Waals surface area (Å²) in [7, 11) is 0. The van der Waals surface area contributed by atoms with E-state index in [1.165, 1.54) is 30.3 Å². The summed E-state index contributed by atoms with van der Waals surface area (Å²) in [5.41, 5.74) is 0. The SMILES string of the molecule is C=CC(=C)Oc1ccc(F)cc1. The topological polar surface area (TPSA) is 9.23 Å². The van der Waals surface area contributed by atoms with Gasteiger partial charge in [-0.25, -0.2) is 4.39 Å². The van der Waals surface area contributed by atoms with Crippen molar-refractivity contribution in [1.29, 1.82) is 0 Å². The molecule has 0 bridgehead atoms. The van der Waals surface area contributed by atoms with E-state index in [1.807, 2.05) is 0 Å². The molecule has 1 aromatic rings. The highest BCUT2D eigenvalue weighted by Gasteiger charge is 1.94. The van der Waals surface area contributed by atoms with Crippen LogP contribution < -0.4 is 4.74 Å². The molecule has 0 N–H and O–H groups in total. The predicted octanol–water partition coefficient (Wildman–Crippen LogP) is 2.90. The molecule has 0 atom stereocenters. The summed E-state index contributed by atoms with van der Waals surface area (Å²) >= 11 is 0.